The first-order valence-electron chi connectivity index (χ1n) is 8.69. The SMILES string of the molecule is CC1(C)CC(SOC(=O)CO)CC(C)(C)N1OC1CCCCC1. The van der Waals surface area contributed by atoms with Crippen LogP contribution < -0.4 is 0 Å². The molecule has 0 radical (unpaired) electrons. The molecular weight excluding hydrogens is 314 g/mol. The molecule has 1 aliphatic heterocycles. The van der Waals surface area contributed by atoms with Gasteiger partial charge >= 0.3 is 5.97 Å². The molecule has 23 heavy (non-hydrogen) atoms. The molecule has 2 aliphatic rings. The van der Waals surface area contributed by atoms with Gasteiger partial charge in [0, 0.05) is 16.3 Å². The molecule has 0 bridgehead atoms. The summed E-state index contributed by atoms with van der Waals surface area (Å²) in [6, 6.07) is 0. The van der Waals surface area contributed by atoms with Crippen LogP contribution in [0, 0.1) is 0 Å². The van der Waals surface area contributed by atoms with Gasteiger partial charge in [0.05, 0.1) is 18.1 Å². The molecule has 1 saturated heterocycles. The number of piperidine rings is 1. The number of hydrogen-bond acceptors (Lipinski definition) is 6. The van der Waals surface area contributed by atoms with E-state index >= 15 is 0 Å². The van der Waals surface area contributed by atoms with Gasteiger partial charge in [0.25, 0.3) is 0 Å². The van der Waals surface area contributed by atoms with Crippen LogP contribution in [0.1, 0.15) is 72.6 Å². The predicted molar refractivity (Wildman–Crippen MR) is 91.7 cm³/mol. The van der Waals surface area contributed by atoms with Gasteiger partial charge in [-0.05, 0) is 53.4 Å². The average molecular weight is 346 g/mol. The van der Waals surface area contributed by atoms with Crippen molar-refractivity contribution in [2.45, 2.75) is 95.1 Å². The maximum absolute atomic E-state index is 11.2. The van der Waals surface area contributed by atoms with Gasteiger partial charge in [-0.3, -0.25) is 4.84 Å². The zero-order chi connectivity index (χ0) is 17.1. The van der Waals surface area contributed by atoms with Gasteiger partial charge in [-0.15, -0.1) is 0 Å². The minimum atomic E-state index is -0.577. The van der Waals surface area contributed by atoms with Gasteiger partial charge in [0.15, 0.2) is 0 Å². The van der Waals surface area contributed by atoms with Crippen LogP contribution in [0.3, 0.4) is 0 Å². The van der Waals surface area contributed by atoms with Crippen molar-refractivity contribution in [2.75, 3.05) is 6.61 Å². The molecule has 1 N–H and O–H groups in total. The summed E-state index contributed by atoms with van der Waals surface area (Å²) in [7, 11) is 0. The standard InChI is InChI=1S/C17H31NO4S/c1-16(2)10-14(23-22-15(20)12-19)11-17(3,4)18(16)21-13-8-6-5-7-9-13/h13-14,19H,5-12H2,1-4H3. The van der Waals surface area contributed by atoms with Crippen LogP contribution in [0.5, 0.6) is 0 Å². The van der Waals surface area contributed by atoms with E-state index in [9.17, 15) is 4.79 Å². The minimum Gasteiger partial charge on any atom is -0.389 e. The second kappa shape index (κ2) is 7.72. The topological polar surface area (TPSA) is 59.0 Å². The first-order chi connectivity index (χ1) is 10.7. The highest BCUT2D eigenvalue weighted by Gasteiger charge is 2.48. The Morgan fingerprint density at radius 3 is 2.22 bits per heavy atom. The van der Waals surface area contributed by atoms with Crippen LogP contribution in [0.2, 0.25) is 0 Å². The van der Waals surface area contributed by atoms with Crippen LogP contribution in [0.15, 0.2) is 0 Å². The highest BCUT2D eigenvalue weighted by molar-refractivity contribution is 7.95. The van der Waals surface area contributed by atoms with E-state index in [0.29, 0.717) is 6.10 Å². The highest BCUT2D eigenvalue weighted by Crippen LogP contribution is 2.44. The summed E-state index contributed by atoms with van der Waals surface area (Å²) in [6.45, 7) is 8.20. The molecule has 1 heterocycles. The Kier molecular flexibility index (Phi) is 6.39. The summed E-state index contributed by atoms with van der Waals surface area (Å²) in [6.07, 6.45) is 8.23. The number of carbonyl (C=O) groups excluding carboxylic acids is 1. The lowest BCUT2D eigenvalue weighted by Gasteiger charge is -2.54. The van der Waals surface area contributed by atoms with E-state index in [1.165, 1.54) is 31.3 Å². The maximum atomic E-state index is 11.2. The summed E-state index contributed by atoms with van der Waals surface area (Å²) in [5, 5.41) is 11.2. The van der Waals surface area contributed by atoms with E-state index in [0.717, 1.165) is 25.7 Å². The fourth-order valence-corrected chi connectivity index (χ4v) is 5.24. The summed E-state index contributed by atoms with van der Waals surface area (Å²) in [5.74, 6) is -0.577. The third-order valence-electron chi connectivity index (χ3n) is 4.77. The molecule has 0 amide bonds. The van der Waals surface area contributed by atoms with Crippen molar-refractivity contribution in [3.05, 3.63) is 0 Å². The Morgan fingerprint density at radius 1 is 1.13 bits per heavy atom. The minimum absolute atomic E-state index is 0.123. The Morgan fingerprint density at radius 2 is 1.70 bits per heavy atom. The summed E-state index contributed by atoms with van der Waals surface area (Å²) in [5.41, 5.74) is -0.245. The second-order valence-electron chi connectivity index (χ2n) is 8.02. The summed E-state index contributed by atoms with van der Waals surface area (Å²) >= 11 is 1.19. The van der Waals surface area contributed by atoms with Crippen molar-refractivity contribution in [3.63, 3.8) is 0 Å². The molecular formula is C17H31NO4S. The summed E-state index contributed by atoms with van der Waals surface area (Å²) in [4.78, 5) is 17.6. The molecule has 6 heteroatoms. The van der Waals surface area contributed by atoms with Crippen molar-refractivity contribution in [1.29, 1.82) is 0 Å². The Hall–Kier alpha value is -0.300. The van der Waals surface area contributed by atoms with E-state index in [1.807, 2.05) is 0 Å². The third kappa shape index (κ3) is 5.08. The second-order valence-corrected chi connectivity index (χ2v) is 9.05. The summed E-state index contributed by atoms with van der Waals surface area (Å²) < 4.78 is 5.07. The number of hydrogen-bond donors (Lipinski definition) is 1. The van der Waals surface area contributed by atoms with Gasteiger partial charge < -0.3 is 9.29 Å². The van der Waals surface area contributed by atoms with Crippen molar-refractivity contribution in [2.24, 2.45) is 0 Å². The largest absolute Gasteiger partial charge is 0.389 e. The van der Waals surface area contributed by atoms with Crippen molar-refractivity contribution in [3.8, 4) is 0 Å². The average Bonchev–Trinajstić information content (AvgIpc) is 2.49. The van der Waals surface area contributed by atoms with Crippen LogP contribution in [-0.2, 0) is 13.8 Å². The lowest BCUT2D eigenvalue weighted by molar-refractivity contribution is -0.307. The van der Waals surface area contributed by atoms with Gasteiger partial charge in [0.1, 0.15) is 6.61 Å². The van der Waals surface area contributed by atoms with E-state index < -0.39 is 12.6 Å². The van der Waals surface area contributed by atoms with Crippen molar-refractivity contribution in [1.82, 2.24) is 5.06 Å². The molecule has 134 valence electrons. The van der Waals surface area contributed by atoms with E-state index in [-0.39, 0.29) is 16.3 Å². The molecule has 0 atom stereocenters. The molecule has 5 nitrogen and oxygen atoms in total. The Bertz CT molecular complexity index is 389. The third-order valence-corrected chi connectivity index (χ3v) is 5.65. The Balaban J connectivity index is 1.99. The quantitative estimate of drug-likeness (QED) is 0.770. The number of aliphatic hydroxyl groups is 1. The molecule has 2 fully saturated rings. The Labute approximate surface area is 144 Å². The van der Waals surface area contributed by atoms with E-state index in [1.54, 1.807) is 0 Å². The molecule has 2 rings (SSSR count). The van der Waals surface area contributed by atoms with Crippen LogP contribution in [0.4, 0.5) is 0 Å². The zero-order valence-corrected chi connectivity index (χ0v) is 15.7. The molecule has 1 aliphatic carbocycles. The fraction of sp³-hybridized carbons (Fsp3) is 0.941. The van der Waals surface area contributed by atoms with Gasteiger partial charge in [-0.2, -0.15) is 5.06 Å². The van der Waals surface area contributed by atoms with E-state index in [4.69, 9.17) is 14.1 Å². The normalized spacial score (nSPS) is 26.1. The smallest absolute Gasteiger partial charge is 0.343 e. The molecule has 0 spiro atoms. The number of nitrogens with zero attached hydrogens (tertiary/aromatic N) is 1. The molecule has 0 unspecified atom stereocenters. The molecule has 0 aromatic rings. The predicted octanol–water partition coefficient (Wildman–Crippen LogP) is 3.46. The van der Waals surface area contributed by atoms with E-state index in [2.05, 4.69) is 32.8 Å². The van der Waals surface area contributed by atoms with Crippen molar-refractivity contribution >= 4 is 18.0 Å². The monoisotopic (exact) mass is 345 g/mol. The van der Waals surface area contributed by atoms with Crippen LogP contribution >= 0.6 is 12.0 Å². The van der Waals surface area contributed by atoms with Gasteiger partial charge in [-0.1, -0.05) is 19.3 Å². The highest BCUT2D eigenvalue weighted by atomic mass is 32.2. The number of hydroxylamine groups is 2. The lowest BCUT2D eigenvalue weighted by atomic mass is 9.81. The molecule has 1 saturated carbocycles. The van der Waals surface area contributed by atoms with Gasteiger partial charge in [0.2, 0.25) is 0 Å². The van der Waals surface area contributed by atoms with Gasteiger partial charge in [-0.25, -0.2) is 4.79 Å². The maximum Gasteiger partial charge on any atom is 0.343 e. The molecule has 0 aromatic carbocycles. The number of aliphatic hydroxyl groups excluding tert-OH is 1. The van der Waals surface area contributed by atoms with Crippen LogP contribution in [0.25, 0.3) is 0 Å². The molecule has 0 aromatic heterocycles. The fourth-order valence-electron chi connectivity index (χ4n) is 3.99. The number of rotatable bonds is 5. The number of carbonyl (C=O) groups is 1. The van der Waals surface area contributed by atoms with Crippen molar-refractivity contribution < 1.29 is 18.9 Å². The first kappa shape index (κ1) is 19.0. The first-order valence-corrected chi connectivity index (χ1v) is 9.49. The van der Waals surface area contributed by atoms with Crippen LogP contribution in [-0.4, -0.2) is 45.2 Å². The zero-order valence-electron chi connectivity index (χ0n) is 14.8. The lowest BCUT2D eigenvalue weighted by Crippen LogP contribution is -2.62.